The lowest BCUT2D eigenvalue weighted by molar-refractivity contribution is -0.359. The fourth-order valence-electron chi connectivity index (χ4n) is 13.5. The number of amides is 1. The molecule has 2 aliphatic rings. The Balaban J connectivity index is 1.56. The van der Waals surface area contributed by atoms with Crippen molar-refractivity contribution < 1.29 is 64.6 Å². The topological polar surface area (TPSA) is 228 Å². The number of nitrogens with one attached hydrogen (secondary N) is 1. The minimum absolute atomic E-state index is 0.230. The zero-order valence-corrected chi connectivity index (χ0v) is 60.3. The van der Waals surface area contributed by atoms with Gasteiger partial charge in [0.15, 0.2) is 12.6 Å². The van der Waals surface area contributed by atoms with Crippen LogP contribution in [0.5, 0.6) is 0 Å². The second-order valence-electron chi connectivity index (χ2n) is 28.5. The van der Waals surface area contributed by atoms with Gasteiger partial charge in [0, 0.05) is 6.42 Å². The number of hydrogen-bond donors (Lipinski definition) is 9. The smallest absolute Gasteiger partial charge is 0.220 e. The number of hydrogen-bond acceptors (Lipinski definition) is 13. The third-order valence-corrected chi connectivity index (χ3v) is 19.9. The molecular weight excluding hydrogens is 1170 g/mol. The fraction of sp³-hybridized carbons (Fsp3) is 0.937. The fourth-order valence-corrected chi connectivity index (χ4v) is 13.5. The summed E-state index contributed by atoms with van der Waals surface area (Å²) in [5.74, 6) is -0.230. The molecule has 12 unspecified atom stereocenters. The maximum Gasteiger partial charge on any atom is 0.220 e. The molecule has 93 heavy (non-hydrogen) atoms. The summed E-state index contributed by atoms with van der Waals surface area (Å²) in [7, 11) is 0. The van der Waals surface area contributed by atoms with Crippen molar-refractivity contribution in [2.24, 2.45) is 0 Å². The molecule has 2 rings (SSSR count). The average molecular weight is 1320 g/mol. The van der Waals surface area contributed by atoms with Gasteiger partial charge in [-0.05, 0) is 44.9 Å². The van der Waals surface area contributed by atoms with E-state index in [1.807, 2.05) is 6.08 Å². The Morgan fingerprint density at radius 1 is 0.376 bits per heavy atom. The molecular formula is C79H151NO13. The van der Waals surface area contributed by atoms with Crippen molar-refractivity contribution in [1.82, 2.24) is 5.32 Å². The van der Waals surface area contributed by atoms with Gasteiger partial charge in [0.2, 0.25) is 5.91 Å². The molecule has 550 valence electrons. The van der Waals surface area contributed by atoms with Crippen molar-refractivity contribution in [3.8, 4) is 0 Å². The molecule has 14 heteroatoms. The van der Waals surface area contributed by atoms with Gasteiger partial charge in [0.05, 0.1) is 32.0 Å². The van der Waals surface area contributed by atoms with Crippen LogP contribution in [0, 0.1) is 0 Å². The monoisotopic (exact) mass is 1320 g/mol. The number of carbonyl (C=O) groups is 1. The van der Waals surface area contributed by atoms with Gasteiger partial charge in [-0.2, -0.15) is 0 Å². The summed E-state index contributed by atoms with van der Waals surface area (Å²) in [6, 6.07) is -0.913. The van der Waals surface area contributed by atoms with E-state index in [1.165, 1.54) is 315 Å². The van der Waals surface area contributed by atoms with Crippen LogP contribution in [0.2, 0.25) is 0 Å². The van der Waals surface area contributed by atoms with E-state index < -0.39 is 86.8 Å². The average Bonchev–Trinajstić information content (AvgIpc) is 0.854. The molecule has 0 saturated carbocycles. The Kier molecular flexibility index (Phi) is 60.1. The van der Waals surface area contributed by atoms with Crippen LogP contribution < -0.4 is 5.32 Å². The Hall–Kier alpha value is -1.53. The van der Waals surface area contributed by atoms with Gasteiger partial charge in [-0.15, -0.1) is 0 Å². The summed E-state index contributed by atoms with van der Waals surface area (Å²) >= 11 is 0. The number of aliphatic hydroxyl groups is 8. The van der Waals surface area contributed by atoms with Crippen LogP contribution in [0.15, 0.2) is 24.3 Å². The molecule has 0 aromatic carbocycles. The van der Waals surface area contributed by atoms with Crippen LogP contribution in [-0.4, -0.2) is 140 Å². The molecule has 2 fully saturated rings. The van der Waals surface area contributed by atoms with Crippen molar-refractivity contribution in [2.45, 2.75) is 453 Å². The highest BCUT2D eigenvalue weighted by atomic mass is 16.7. The second-order valence-corrected chi connectivity index (χ2v) is 28.5. The number of unbranched alkanes of at least 4 members (excludes halogenated alkanes) is 53. The van der Waals surface area contributed by atoms with Gasteiger partial charge >= 0.3 is 0 Å². The summed E-state index contributed by atoms with van der Waals surface area (Å²) in [5.41, 5.74) is 0. The Bertz CT molecular complexity index is 1650. The predicted octanol–water partition coefficient (Wildman–Crippen LogP) is 17.9. The van der Waals surface area contributed by atoms with Crippen LogP contribution in [0.25, 0.3) is 0 Å². The highest BCUT2D eigenvalue weighted by Gasteiger charge is 2.51. The van der Waals surface area contributed by atoms with E-state index in [1.54, 1.807) is 6.08 Å². The van der Waals surface area contributed by atoms with Gasteiger partial charge < -0.3 is 65.1 Å². The van der Waals surface area contributed by atoms with E-state index in [0.717, 1.165) is 38.5 Å². The van der Waals surface area contributed by atoms with Gasteiger partial charge in [0.25, 0.3) is 0 Å². The number of ether oxygens (including phenoxy) is 4. The number of allylic oxidation sites excluding steroid dienone is 3. The van der Waals surface area contributed by atoms with Crippen molar-refractivity contribution in [2.75, 3.05) is 19.8 Å². The lowest BCUT2D eigenvalue weighted by Gasteiger charge is -2.46. The van der Waals surface area contributed by atoms with E-state index >= 15 is 0 Å². The van der Waals surface area contributed by atoms with Crippen LogP contribution in [0.3, 0.4) is 0 Å². The van der Waals surface area contributed by atoms with E-state index in [0.29, 0.717) is 6.42 Å². The molecule has 0 spiro atoms. The Morgan fingerprint density at radius 2 is 0.677 bits per heavy atom. The maximum absolute atomic E-state index is 13.4. The number of rotatable bonds is 68. The molecule has 9 N–H and O–H groups in total. The third kappa shape index (κ3) is 47.2. The second kappa shape index (κ2) is 63.9. The molecule has 0 bridgehead atoms. The van der Waals surface area contributed by atoms with E-state index in [2.05, 4.69) is 31.3 Å². The molecule has 2 heterocycles. The summed E-state index contributed by atoms with van der Waals surface area (Å²) in [5, 5.41) is 87.6. The van der Waals surface area contributed by atoms with E-state index in [9.17, 15) is 45.6 Å². The summed E-state index contributed by atoms with van der Waals surface area (Å²) in [6.45, 7) is 2.86. The van der Waals surface area contributed by atoms with E-state index in [4.69, 9.17) is 18.9 Å². The SMILES string of the molecule is CCCCCCCCCC/C=C\CCCCCCCCCCCCCCCCCCCCCCCCCCCCCC(=O)NC(COC1OC(CO)C(OC2OC(CO)C(O)C(O)C2O)C(O)C1O)C(O)/C=C/CCCCCCCCCCCCCCCCCCCC. The van der Waals surface area contributed by atoms with Crippen LogP contribution in [0.1, 0.15) is 380 Å². The first-order valence-corrected chi connectivity index (χ1v) is 40.1. The maximum atomic E-state index is 13.4. The van der Waals surface area contributed by atoms with Crippen LogP contribution >= 0.6 is 0 Å². The Labute approximate surface area is 570 Å². The molecule has 12 atom stereocenters. The summed E-state index contributed by atoms with van der Waals surface area (Å²) in [4.78, 5) is 13.4. The van der Waals surface area contributed by atoms with Gasteiger partial charge in [-0.3, -0.25) is 4.79 Å². The highest BCUT2D eigenvalue weighted by Crippen LogP contribution is 2.30. The molecule has 2 saturated heterocycles. The normalized spacial score (nSPS) is 22.6. The van der Waals surface area contributed by atoms with Gasteiger partial charge in [-0.1, -0.05) is 353 Å². The first-order chi connectivity index (χ1) is 45.6. The zero-order valence-electron chi connectivity index (χ0n) is 60.3. The zero-order chi connectivity index (χ0) is 67.3. The first-order valence-electron chi connectivity index (χ1n) is 40.1. The largest absolute Gasteiger partial charge is 0.394 e. The standard InChI is InChI=1S/C79H151NO13/c1-3-5-7-9-11-13-15-17-19-21-23-25-26-27-28-29-30-31-32-33-34-35-36-37-38-39-40-41-42-43-45-47-49-51-53-55-57-59-61-63-71(84)80-67(68(83)62-60-58-56-54-52-50-48-46-44-24-22-20-18-16-14-12-10-8-6-4-2)66-90-78-76(89)74(87)77(70(65-82)92-78)93-79-75(88)73(86)72(85)69(64-81)91-79/h21,23,60,62,67-70,72-79,81-83,85-89H,3-20,22,24-59,61,63-66H2,1-2H3,(H,80,84)/b23-21-,62-60+. The van der Waals surface area contributed by atoms with Crippen molar-refractivity contribution in [3.05, 3.63) is 24.3 Å². The van der Waals surface area contributed by atoms with E-state index in [-0.39, 0.29) is 18.9 Å². The molecule has 0 radical (unpaired) electrons. The quantitative estimate of drug-likeness (QED) is 0.0204. The molecule has 14 nitrogen and oxygen atoms in total. The summed E-state index contributed by atoms with van der Waals surface area (Å²) < 4.78 is 22.9. The minimum atomic E-state index is -1.79. The number of carbonyl (C=O) groups excluding carboxylic acids is 1. The van der Waals surface area contributed by atoms with Gasteiger partial charge in [-0.25, -0.2) is 0 Å². The van der Waals surface area contributed by atoms with Crippen LogP contribution in [0.4, 0.5) is 0 Å². The third-order valence-electron chi connectivity index (χ3n) is 19.9. The predicted molar refractivity (Wildman–Crippen MR) is 383 cm³/mol. The summed E-state index contributed by atoms with van der Waals surface area (Å²) in [6.07, 6.45) is 65.6. The van der Waals surface area contributed by atoms with Crippen molar-refractivity contribution in [3.63, 3.8) is 0 Å². The Morgan fingerprint density at radius 3 is 1.02 bits per heavy atom. The molecule has 1 amide bonds. The molecule has 2 aliphatic heterocycles. The first kappa shape index (κ1) is 87.6. The minimum Gasteiger partial charge on any atom is -0.394 e. The molecule has 0 aromatic heterocycles. The van der Waals surface area contributed by atoms with Crippen LogP contribution in [-0.2, 0) is 23.7 Å². The molecule has 0 aliphatic carbocycles. The van der Waals surface area contributed by atoms with Gasteiger partial charge in [0.1, 0.15) is 48.8 Å². The highest BCUT2D eigenvalue weighted by molar-refractivity contribution is 5.76. The van der Waals surface area contributed by atoms with Crippen molar-refractivity contribution in [1.29, 1.82) is 0 Å². The lowest BCUT2D eigenvalue weighted by atomic mass is 9.97. The number of aliphatic hydroxyl groups excluding tert-OH is 8. The van der Waals surface area contributed by atoms with Crippen molar-refractivity contribution >= 4 is 5.91 Å². The lowest BCUT2D eigenvalue weighted by Crippen LogP contribution is -2.65. The molecule has 0 aromatic rings.